The van der Waals surface area contributed by atoms with Gasteiger partial charge in [-0.25, -0.2) is 0 Å². The van der Waals surface area contributed by atoms with Gasteiger partial charge in [0.15, 0.2) is 4.77 Å². The lowest BCUT2D eigenvalue weighted by Crippen LogP contribution is -2.35. The monoisotopic (exact) mass is 291 g/mol. The van der Waals surface area contributed by atoms with Crippen LogP contribution < -0.4 is 5.56 Å². The summed E-state index contributed by atoms with van der Waals surface area (Å²) in [5.74, 6) is 0. The molecule has 0 radical (unpaired) electrons. The smallest absolute Gasteiger partial charge is 0.256 e. The van der Waals surface area contributed by atoms with Crippen molar-refractivity contribution in [2.24, 2.45) is 7.05 Å². The van der Waals surface area contributed by atoms with Crippen molar-refractivity contribution < 1.29 is 0 Å². The first-order valence-corrected chi connectivity index (χ1v) is 7.00. The minimum atomic E-state index is -0.0781. The number of nitrogens with zero attached hydrogens (tertiary/aromatic N) is 3. The molecule has 0 aromatic carbocycles. The van der Waals surface area contributed by atoms with Crippen molar-refractivity contribution in [3.8, 4) is 0 Å². The summed E-state index contributed by atoms with van der Waals surface area (Å²) in [6.45, 7) is 4.33. The maximum Gasteiger partial charge on any atom is 0.256 e. The molecule has 0 saturated carbocycles. The molecule has 0 spiro atoms. The van der Waals surface area contributed by atoms with Gasteiger partial charge in [-0.05, 0) is 25.2 Å². The van der Waals surface area contributed by atoms with Gasteiger partial charge in [-0.15, -0.1) is 0 Å². The maximum atomic E-state index is 12.0. The Balaban J connectivity index is 1.82. The highest BCUT2D eigenvalue weighted by Crippen LogP contribution is 2.15. The van der Waals surface area contributed by atoms with Gasteiger partial charge in [0.05, 0.1) is 11.3 Å². The molecule has 0 bridgehead atoms. The molecule has 0 fully saturated rings. The van der Waals surface area contributed by atoms with Gasteiger partial charge < -0.3 is 4.98 Å². The van der Waals surface area contributed by atoms with Crippen molar-refractivity contribution in [3.05, 3.63) is 43.8 Å². The van der Waals surface area contributed by atoms with Gasteiger partial charge in [-0.1, -0.05) is 0 Å². The number of H-pyrrole nitrogens is 2. The molecule has 3 heterocycles. The Bertz CT molecular complexity index is 737. The van der Waals surface area contributed by atoms with Crippen molar-refractivity contribution in [3.63, 3.8) is 0 Å². The summed E-state index contributed by atoms with van der Waals surface area (Å²) >= 11 is 5.00. The fraction of sp³-hybridized carbons (Fsp3) is 0.462. The molecule has 0 unspecified atom stereocenters. The fourth-order valence-corrected chi connectivity index (χ4v) is 2.80. The first-order valence-electron chi connectivity index (χ1n) is 6.59. The lowest BCUT2D eigenvalue weighted by Gasteiger charge is -2.26. The molecule has 6 nitrogen and oxygen atoms in total. The summed E-state index contributed by atoms with van der Waals surface area (Å²) in [7, 11) is 1.94. The average Bonchev–Trinajstić information content (AvgIpc) is 2.69. The van der Waals surface area contributed by atoms with Gasteiger partial charge >= 0.3 is 0 Å². The van der Waals surface area contributed by atoms with E-state index in [1.165, 1.54) is 0 Å². The zero-order valence-electron chi connectivity index (χ0n) is 11.6. The predicted molar refractivity (Wildman–Crippen MR) is 78.0 cm³/mol. The molecule has 7 heteroatoms. The molecular formula is C13H17N5OS. The summed E-state index contributed by atoms with van der Waals surface area (Å²) < 4.78 is 2.28. The Morgan fingerprint density at radius 1 is 1.45 bits per heavy atom. The van der Waals surface area contributed by atoms with Gasteiger partial charge in [0, 0.05) is 44.5 Å². The second-order valence-electron chi connectivity index (χ2n) is 5.23. The molecule has 3 rings (SSSR count). The van der Waals surface area contributed by atoms with Crippen molar-refractivity contribution in [2.75, 3.05) is 6.54 Å². The number of aromatic amines is 2. The summed E-state index contributed by atoms with van der Waals surface area (Å²) in [5.41, 5.74) is 3.85. The van der Waals surface area contributed by atoms with Crippen LogP contribution in [-0.4, -0.2) is 31.2 Å². The van der Waals surface area contributed by atoms with Crippen LogP contribution in [0.2, 0.25) is 0 Å². The summed E-state index contributed by atoms with van der Waals surface area (Å²) in [4.78, 5) is 19.9. The lowest BCUT2D eigenvalue weighted by molar-refractivity contribution is 0.238. The second-order valence-corrected chi connectivity index (χ2v) is 5.63. The zero-order valence-corrected chi connectivity index (χ0v) is 12.4. The Morgan fingerprint density at radius 3 is 2.95 bits per heavy atom. The first kappa shape index (κ1) is 13.3. The predicted octanol–water partition coefficient (Wildman–Crippen LogP) is 1.03. The van der Waals surface area contributed by atoms with Crippen LogP contribution in [-0.2, 0) is 26.6 Å². The largest absolute Gasteiger partial charge is 0.335 e. The molecule has 1 aliphatic rings. The normalized spacial score (nSPS) is 15.3. The van der Waals surface area contributed by atoms with Gasteiger partial charge in [0.25, 0.3) is 5.56 Å². The number of hydrogen-bond acceptors (Lipinski definition) is 4. The highest BCUT2D eigenvalue weighted by molar-refractivity contribution is 7.71. The van der Waals surface area contributed by atoms with Gasteiger partial charge in [-0.2, -0.15) is 5.10 Å². The molecule has 20 heavy (non-hydrogen) atoms. The van der Waals surface area contributed by atoms with Crippen LogP contribution >= 0.6 is 12.2 Å². The number of rotatable bonds is 2. The van der Waals surface area contributed by atoms with Crippen LogP contribution in [0.4, 0.5) is 0 Å². The van der Waals surface area contributed by atoms with Gasteiger partial charge in [0.1, 0.15) is 0 Å². The molecule has 1 aliphatic heterocycles. The van der Waals surface area contributed by atoms with Crippen LogP contribution in [0.25, 0.3) is 0 Å². The number of aryl methyl sites for hydroxylation is 2. The second kappa shape index (κ2) is 4.99. The number of fused-ring (bicyclic) bond motifs is 1. The Labute approximate surface area is 121 Å². The third-order valence-corrected chi connectivity index (χ3v) is 3.94. The van der Waals surface area contributed by atoms with Crippen LogP contribution in [0.15, 0.2) is 10.9 Å². The molecule has 0 atom stereocenters. The van der Waals surface area contributed by atoms with Crippen LogP contribution in [0.3, 0.4) is 0 Å². The molecule has 2 N–H and O–H groups in total. The van der Waals surface area contributed by atoms with E-state index < -0.39 is 0 Å². The summed E-state index contributed by atoms with van der Waals surface area (Å²) in [6.07, 6.45) is 0.814. The number of hydrogen-bond donors (Lipinski definition) is 2. The van der Waals surface area contributed by atoms with Crippen molar-refractivity contribution in [1.29, 1.82) is 0 Å². The molecule has 2 aromatic rings. The van der Waals surface area contributed by atoms with Crippen LogP contribution in [0.1, 0.15) is 22.6 Å². The number of aromatic nitrogens is 4. The SMILES string of the molecule is Cc1cc(CN2CCc3[nH]c(=S)[nH]c(=O)c3C2)nn1C. The molecule has 2 aromatic heterocycles. The topological polar surface area (TPSA) is 69.7 Å². The van der Waals surface area contributed by atoms with E-state index >= 15 is 0 Å². The molecule has 0 amide bonds. The van der Waals surface area contributed by atoms with Gasteiger partial charge in [-0.3, -0.25) is 19.4 Å². The van der Waals surface area contributed by atoms with E-state index in [-0.39, 0.29) is 5.56 Å². The molecular weight excluding hydrogens is 274 g/mol. The highest BCUT2D eigenvalue weighted by atomic mass is 32.1. The highest BCUT2D eigenvalue weighted by Gasteiger charge is 2.20. The first-order chi connectivity index (χ1) is 9.52. The average molecular weight is 291 g/mol. The lowest BCUT2D eigenvalue weighted by atomic mass is 10.1. The standard InChI is InChI=1S/C13H17N5OS/c1-8-5-9(16-17(8)2)6-18-4-3-11-10(7-18)12(19)15-13(20)14-11/h5H,3-4,6-7H2,1-2H3,(H2,14,15,19,20). The van der Waals surface area contributed by atoms with Crippen molar-refractivity contribution in [1.82, 2.24) is 24.6 Å². The van der Waals surface area contributed by atoms with Gasteiger partial charge in [0.2, 0.25) is 0 Å². The zero-order chi connectivity index (χ0) is 14.3. The summed E-state index contributed by atoms with van der Waals surface area (Å²) in [5, 5.41) is 4.46. The van der Waals surface area contributed by atoms with E-state index in [1.54, 1.807) is 0 Å². The van der Waals surface area contributed by atoms with Crippen LogP contribution in [0, 0.1) is 11.7 Å². The van der Waals surface area contributed by atoms with E-state index in [0.29, 0.717) is 11.3 Å². The maximum absolute atomic E-state index is 12.0. The quantitative estimate of drug-likeness (QED) is 0.811. The third kappa shape index (κ3) is 2.46. The summed E-state index contributed by atoms with van der Waals surface area (Å²) in [6, 6.07) is 2.08. The Hall–Kier alpha value is -1.73. The van der Waals surface area contributed by atoms with E-state index in [4.69, 9.17) is 12.2 Å². The van der Waals surface area contributed by atoms with E-state index in [1.807, 2.05) is 18.7 Å². The Kier molecular flexibility index (Phi) is 3.31. The fourth-order valence-electron chi connectivity index (χ4n) is 2.59. The minimum Gasteiger partial charge on any atom is -0.335 e. The van der Waals surface area contributed by atoms with E-state index in [2.05, 4.69) is 26.0 Å². The molecule has 106 valence electrons. The van der Waals surface area contributed by atoms with Crippen molar-refractivity contribution in [2.45, 2.75) is 26.4 Å². The van der Waals surface area contributed by atoms with Crippen molar-refractivity contribution >= 4 is 12.2 Å². The molecule has 0 aliphatic carbocycles. The minimum absolute atomic E-state index is 0.0781. The van der Waals surface area contributed by atoms with E-state index in [0.717, 1.165) is 42.2 Å². The number of nitrogens with one attached hydrogen (secondary N) is 2. The third-order valence-electron chi connectivity index (χ3n) is 3.74. The van der Waals surface area contributed by atoms with E-state index in [9.17, 15) is 4.79 Å². The Morgan fingerprint density at radius 2 is 2.25 bits per heavy atom. The molecule has 0 saturated heterocycles. The van der Waals surface area contributed by atoms with Crippen LogP contribution in [0.5, 0.6) is 0 Å².